The average molecular weight is 421 g/mol. The number of likely N-dealkylation sites (tertiary alicyclic amines) is 1. The lowest BCUT2D eigenvalue weighted by Crippen LogP contribution is -2.54. The topological polar surface area (TPSA) is 123 Å². The van der Waals surface area contributed by atoms with Crippen molar-refractivity contribution in [3.05, 3.63) is 29.6 Å². The summed E-state index contributed by atoms with van der Waals surface area (Å²) in [7, 11) is 0. The summed E-state index contributed by atoms with van der Waals surface area (Å²) in [5.41, 5.74) is 10.9. The molecule has 9 nitrogen and oxygen atoms in total. The van der Waals surface area contributed by atoms with E-state index in [2.05, 4.69) is 4.99 Å². The Morgan fingerprint density at radius 2 is 1.90 bits per heavy atom. The molecule has 2 amide bonds. The Morgan fingerprint density at radius 3 is 2.53 bits per heavy atom. The molecule has 0 radical (unpaired) electrons. The maximum absolute atomic E-state index is 14.8. The molecule has 0 aromatic heterocycles. The van der Waals surface area contributed by atoms with Gasteiger partial charge in [-0.25, -0.2) is 9.18 Å². The van der Waals surface area contributed by atoms with Crippen molar-refractivity contribution in [1.82, 2.24) is 4.90 Å². The lowest BCUT2D eigenvalue weighted by molar-refractivity contribution is -0.134. The first-order valence-electron chi connectivity index (χ1n) is 10.1. The van der Waals surface area contributed by atoms with Crippen LogP contribution in [-0.2, 0) is 20.9 Å². The number of benzene rings is 1. The first-order chi connectivity index (χ1) is 14.4. The number of guanidine groups is 1. The van der Waals surface area contributed by atoms with E-state index in [-0.39, 0.29) is 30.3 Å². The minimum absolute atomic E-state index is 0.0335. The predicted octanol–water partition coefficient (Wildman–Crippen LogP) is 1.34. The number of piperidine rings is 1. The van der Waals surface area contributed by atoms with Crippen LogP contribution in [0.2, 0.25) is 0 Å². The van der Waals surface area contributed by atoms with Crippen molar-refractivity contribution >= 4 is 23.6 Å². The second kappa shape index (κ2) is 9.75. The molecule has 1 aromatic rings. The van der Waals surface area contributed by atoms with E-state index >= 15 is 0 Å². The number of amides is 2. The largest absolute Gasteiger partial charge is 0.443 e. The molecule has 2 aliphatic heterocycles. The number of aliphatic imine (C=N–C) groups is 1. The molecule has 164 valence electrons. The monoisotopic (exact) mass is 421 g/mol. The molecule has 0 atom stereocenters. The van der Waals surface area contributed by atoms with Crippen molar-refractivity contribution in [3.8, 4) is 0 Å². The normalized spacial score (nSPS) is 17.4. The summed E-state index contributed by atoms with van der Waals surface area (Å²) >= 11 is 0. The molecule has 3 rings (SSSR count). The third-order valence-electron chi connectivity index (χ3n) is 5.30. The van der Waals surface area contributed by atoms with E-state index < -0.39 is 17.9 Å². The van der Waals surface area contributed by atoms with Gasteiger partial charge in [0.2, 0.25) is 5.91 Å². The lowest BCUT2D eigenvalue weighted by atomic mass is 10.0. The van der Waals surface area contributed by atoms with Crippen LogP contribution in [-0.4, -0.2) is 61.2 Å². The van der Waals surface area contributed by atoms with Crippen LogP contribution in [0.15, 0.2) is 23.2 Å². The van der Waals surface area contributed by atoms with E-state index in [0.29, 0.717) is 25.2 Å². The van der Waals surface area contributed by atoms with Crippen LogP contribution >= 0.6 is 0 Å². The van der Waals surface area contributed by atoms with Gasteiger partial charge in [-0.15, -0.1) is 4.99 Å². The van der Waals surface area contributed by atoms with Crippen LogP contribution in [0.5, 0.6) is 0 Å². The van der Waals surface area contributed by atoms with Crippen LogP contribution in [0.3, 0.4) is 0 Å². The van der Waals surface area contributed by atoms with E-state index in [0.717, 1.165) is 25.9 Å². The molecule has 2 heterocycles. The molecule has 0 aliphatic carbocycles. The molecule has 4 N–H and O–H groups in total. The number of carbonyl (C=O) groups excluding carboxylic acids is 2. The van der Waals surface area contributed by atoms with Gasteiger partial charge in [0.25, 0.3) is 0 Å². The molecule has 30 heavy (non-hydrogen) atoms. The molecular formula is C20H28FN5O4. The zero-order chi connectivity index (χ0) is 21.7. The van der Waals surface area contributed by atoms with Crippen molar-refractivity contribution in [2.75, 3.05) is 31.1 Å². The molecule has 0 unspecified atom stereocenters. The molecule has 1 aromatic carbocycles. The number of anilines is 1. The number of ether oxygens (including phenoxy) is 2. The highest BCUT2D eigenvalue weighted by Gasteiger charge is 2.33. The summed E-state index contributed by atoms with van der Waals surface area (Å²) in [5.74, 6) is -0.675. The van der Waals surface area contributed by atoms with Crippen molar-refractivity contribution < 1.29 is 23.5 Å². The number of hydrogen-bond acceptors (Lipinski definition) is 5. The average Bonchev–Trinajstić information content (AvgIpc) is 2.69. The predicted molar refractivity (Wildman–Crippen MR) is 109 cm³/mol. The summed E-state index contributed by atoms with van der Waals surface area (Å²) in [6.45, 7) is 4.23. The van der Waals surface area contributed by atoms with Gasteiger partial charge in [0, 0.05) is 38.2 Å². The number of nitrogens with zero attached hydrogens (tertiary/aromatic N) is 3. The number of halogens is 1. The van der Waals surface area contributed by atoms with Crippen LogP contribution in [0.25, 0.3) is 0 Å². The van der Waals surface area contributed by atoms with Crippen molar-refractivity contribution in [1.29, 1.82) is 0 Å². The van der Waals surface area contributed by atoms with Crippen molar-refractivity contribution in [2.45, 2.75) is 45.0 Å². The Kier molecular flexibility index (Phi) is 7.09. The van der Waals surface area contributed by atoms with E-state index in [1.165, 1.54) is 0 Å². The van der Waals surface area contributed by atoms with Gasteiger partial charge in [-0.2, -0.15) is 0 Å². The fourth-order valence-electron chi connectivity index (χ4n) is 3.66. The molecule has 2 saturated heterocycles. The zero-order valence-corrected chi connectivity index (χ0v) is 17.1. The second-order valence-corrected chi connectivity index (χ2v) is 7.44. The maximum Gasteiger partial charge on any atom is 0.437 e. The maximum atomic E-state index is 14.8. The zero-order valence-electron chi connectivity index (χ0n) is 17.1. The Bertz CT molecular complexity index is 800. The smallest absolute Gasteiger partial charge is 0.437 e. The first-order valence-corrected chi connectivity index (χ1v) is 10.1. The van der Waals surface area contributed by atoms with Gasteiger partial charge in [-0.1, -0.05) is 19.1 Å². The Hall–Kier alpha value is -2.88. The highest BCUT2D eigenvalue weighted by molar-refractivity contribution is 5.87. The van der Waals surface area contributed by atoms with E-state index in [1.54, 1.807) is 18.2 Å². The molecule has 2 aliphatic rings. The van der Waals surface area contributed by atoms with Gasteiger partial charge in [0.05, 0.1) is 17.9 Å². The van der Waals surface area contributed by atoms with Crippen molar-refractivity contribution in [3.63, 3.8) is 0 Å². The van der Waals surface area contributed by atoms with Gasteiger partial charge >= 0.3 is 6.09 Å². The quantitative estimate of drug-likeness (QED) is 0.525. The van der Waals surface area contributed by atoms with Gasteiger partial charge in [-0.05, 0) is 18.9 Å². The third kappa shape index (κ3) is 5.38. The summed E-state index contributed by atoms with van der Waals surface area (Å²) in [6.07, 6.45) is 1.38. The summed E-state index contributed by atoms with van der Waals surface area (Å²) < 4.78 is 25.8. The lowest BCUT2D eigenvalue weighted by Gasteiger charge is -2.43. The molecule has 2 fully saturated rings. The van der Waals surface area contributed by atoms with E-state index in [9.17, 15) is 14.0 Å². The van der Waals surface area contributed by atoms with Crippen LogP contribution in [0.4, 0.5) is 14.9 Å². The van der Waals surface area contributed by atoms with E-state index in [1.807, 2.05) is 16.7 Å². The number of hydrogen-bond donors (Lipinski definition) is 2. The van der Waals surface area contributed by atoms with Crippen LogP contribution in [0.1, 0.15) is 31.7 Å². The molecule has 0 bridgehead atoms. The van der Waals surface area contributed by atoms with Gasteiger partial charge < -0.3 is 30.7 Å². The fourth-order valence-corrected chi connectivity index (χ4v) is 3.66. The van der Waals surface area contributed by atoms with Crippen LogP contribution < -0.4 is 16.4 Å². The first kappa shape index (κ1) is 21.8. The van der Waals surface area contributed by atoms with Crippen molar-refractivity contribution in [2.24, 2.45) is 16.5 Å². The van der Waals surface area contributed by atoms with Gasteiger partial charge in [0.1, 0.15) is 6.61 Å². The second-order valence-electron chi connectivity index (χ2n) is 7.44. The highest BCUT2D eigenvalue weighted by atomic mass is 19.1. The Morgan fingerprint density at radius 1 is 1.20 bits per heavy atom. The van der Waals surface area contributed by atoms with Gasteiger partial charge in [0.15, 0.2) is 11.8 Å². The van der Waals surface area contributed by atoms with Gasteiger partial charge in [-0.3, -0.25) is 4.79 Å². The summed E-state index contributed by atoms with van der Waals surface area (Å²) in [4.78, 5) is 30.1. The minimum Gasteiger partial charge on any atom is -0.443 e. The number of rotatable bonds is 6. The number of carbonyl (C=O) groups is 2. The standard InChI is InChI=1S/C20H28FN5O4/c1-2-17(27)25-8-6-14(7-9-25)30-15-10-26(11-15)16-5-3-4-13(18(16)21)12-29-20(28)24-19(22)23/h3-5,14-15H,2,6-12H2,1H3,(H4,22,23,24,28). The Balaban J connectivity index is 1.47. The molecule has 0 spiro atoms. The number of nitrogens with two attached hydrogens (primary N) is 2. The summed E-state index contributed by atoms with van der Waals surface area (Å²) in [5, 5.41) is 0. The SMILES string of the molecule is CCC(=O)N1CCC(OC2CN(c3cccc(COC(=O)N=C(N)N)c3F)C2)CC1. The highest BCUT2D eigenvalue weighted by Crippen LogP contribution is 2.29. The molecule has 10 heteroatoms. The molecular weight excluding hydrogens is 393 g/mol. The third-order valence-corrected chi connectivity index (χ3v) is 5.30. The fraction of sp³-hybridized carbons (Fsp3) is 0.550. The summed E-state index contributed by atoms with van der Waals surface area (Å²) in [6, 6.07) is 4.93. The van der Waals surface area contributed by atoms with E-state index in [4.69, 9.17) is 20.9 Å². The molecule has 0 saturated carbocycles. The Labute approximate surface area is 174 Å². The van der Waals surface area contributed by atoms with Crippen LogP contribution in [0, 0.1) is 5.82 Å². The minimum atomic E-state index is -0.969.